The number of hydrogen-bond donors (Lipinski definition) is 2. The lowest BCUT2D eigenvalue weighted by Crippen LogP contribution is -2.12. The standard InChI is InChI=1S/C18H18BrFN4OS/c1-9(2)15-14(19)16(24-23-15)17(25)22-18-21-8-12(26-18)6-11-5-4-10(3)13(20)7-11/h4-5,7-9H,6H2,1-3H3,(H,23,24)(H,21,22,25). The van der Waals surface area contributed by atoms with Crippen LogP contribution in [0.2, 0.25) is 0 Å². The molecule has 0 aliphatic heterocycles. The fraction of sp³-hybridized carbons (Fsp3) is 0.278. The van der Waals surface area contributed by atoms with Crippen molar-refractivity contribution in [3.8, 4) is 0 Å². The highest BCUT2D eigenvalue weighted by Crippen LogP contribution is 2.27. The Bertz CT molecular complexity index is 951. The largest absolute Gasteiger partial charge is 0.296 e. The van der Waals surface area contributed by atoms with Crippen molar-refractivity contribution in [2.45, 2.75) is 33.1 Å². The number of nitrogens with zero attached hydrogens (tertiary/aromatic N) is 2. The lowest BCUT2D eigenvalue weighted by molar-refractivity contribution is 0.102. The number of carbonyl (C=O) groups excluding carboxylic acids is 1. The van der Waals surface area contributed by atoms with E-state index in [4.69, 9.17) is 0 Å². The Morgan fingerprint density at radius 2 is 2.19 bits per heavy atom. The van der Waals surface area contributed by atoms with Gasteiger partial charge in [-0.25, -0.2) is 9.37 Å². The number of amides is 1. The predicted octanol–water partition coefficient (Wildman–Crippen LogP) is 5.04. The molecule has 26 heavy (non-hydrogen) atoms. The van der Waals surface area contributed by atoms with E-state index < -0.39 is 0 Å². The second-order valence-corrected chi connectivity index (χ2v) is 8.21. The number of anilines is 1. The van der Waals surface area contributed by atoms with Gasteiger partial charge in [0.05, 0.1) is 10.2 Å². The molecule has 136 valence electrons. The minimum atomic E-state index is -0.331. The summed E-state index contributed by atoms with van der Waals surface area (Å²) in [5.74, 6) is -0.327. The molecule has 0 unspecified atom stereocenters. The first-order chi connectivity index (χ1) is 12.3. The molecule has 0 saturated carbocycles. The average molecular weight is 437 g/mol. The molecule has 0 aliphatic carbocycles. The highest BCUT2D eigenvalue weighted by Gasteiger charge is 2.20. The number of aryl methyl sites for hydroxylation is 1. The van der Waals surface area contributed by atoms with E-state index in [1.54, 1.807) is 19.2 Å². The molecule has 2 N–H and O–H groups in total. The number of halogens is 2. The fourth-order valence-corrected chi connectivity index (χ4v) is 4.08. The van der Waals surface area contributed by atoms with E-state index in [1.807, 2.05) is 19.9 Å². The molecule has 3 aromatic rings. The highest BCUT2D eigenvalue weighted by atomic mass is 79.9. The van der Waals surface area contributed by atoms with Crippen molar-refractivity contribution >= 4 is 38.3 Å². The van der Waals surface area contributed by atoms with E-state index in [2.05, 4.69) is 36.4 Å². The van der Waals surface area contributed by atoms with Crippen LogP contribution in [-0.4, -0.2) is 21.1 Å². The van der Waals surface area contributed by atoms with E-state index >= 15 is 0 Å². The third-order valence-electron chi connectivity index (χ3n) is 3.91. The van der Waals surface area contributed by atoms with Crippen molar-refractivity contribution in [2.24, 2.45) is 0 Å². The molecule has 0 radical (unpaired) electrons. The van der Waals surface area contributed by atoms with Crippen LogP contribution < -0.4 is 5.32 Å². The van der Waals surface area contributed by atoms with Gasteiger partial charge >= 0.3 is 0 Å². The van der Waals surface area contributed by atoms with Gasteiger partial charge in [0, 0.05) is 17.5 Å². The van der Waals surface area contributed by atoms with E-state index in [9.17, 15) is 9.18 Å². The maximum atomic E-state index is 13.7. The minimum absolute atomic E-state index is 0.218. The smallest absolute Gasteiger partial charge is 0.279 e. The Morgan fingerprint density at radius 1 is 1.42 bits per heavy atom. The van der Waals surface area contributed by atoms with Gasteiger partial charge in [0.15, 0.2) is 10.8 Å². The Hall–Kier alpha value is -2.06. The molecule has 0 fully saturated rings. The second-order valence-electron chi connectivity index (χ2n) is 6.30. The Labute approximate surface area is 163 Å². The molecule has 1 amide bonds. The average Bonchev–Trinajstić information content (AvgIpc) is 3.17. The van der Waals surface area contributed by atoms with Crippen LogP contribution in [0.25, 0.3) is 0 Å². The summed E-state index contributed by atoms with van der Waals surface area (Å²) in [5.41, 5.74) is 2.66. The van der Waals surface area contributed by atoms with Gasteiger partial charge in [-0.05, 0) is 46.0 Å². The summed E-state index contributed by atoms with van der Waals surface area (Å²) in [6.45, 7) is 5.76. The van der Waals surface area contributed by atoms with Gasteiger partial charge in [0.1, 0.15) is 5.82 Å². The first-order valence-corrected chi connectivity index (χ1v) is 9.71. The van der Waals surface area contributed by atoms with Crippen LogP contribution in [0.4, 0.5) is 9.52 Å². The summed E-state index contributed by atoms with van der Waals surface area (Å²) in [4.78, 5) is 17.6. The predicted molar refractivity (Wildman–Crippen MR) is 104 cm³/mol. The fourth-order valence-electron chi connectivity index (χ4n) is 2.43. The minimum Gasteiger partial charge on any atom is -0.296 e. The van der Waals surface area contributed by atoms with Gasteiger partial charge in [-0.1, -0.05) is 26.0 Å². The Kier molecular flexibility index (Phi) is 5.52. The van der Waals surface area contributed by atoms with Gasteiger partial charge < -0.3 is 0 Å². The van der Waals surface area contributed by atoms with Crippen LogP contribution in [0.1, 0.15) is 52.0 Å². The summed E-state index contributed by atoms with van der Waals surface area (Å²) in [5, 5.41) is 10.2. The van der Waals surface area contributed by atoms with Crippen LogP contribution in [0.15, 0.2) is 28.9 Å². The molecular weight excluding hydrogens is 419 g/mol. The normalized spacial score (nSPS) is 11.2. The molecular formula is C18H18BrFN4OS. The van der Waals surface area contributed by atoms with E-state index in [1.165, 1.54) is 17.4 Å². The van der Waals surface area contributed by atoms with Crippen molar-refractivity contribution in [1.82, 2.24) is 15.2 Å². The maximum absolute atomic E-state index is 13.7. The van der Waals surface area contributed by atoms with Crippen molar-refractivity contribution in [3.63, 3.8) is 0 Å². The van der Waals surface area contributed by atoms with Crippen LogP contribution in [0.3, 0.4) is 0 Å². The molecule has 5 nitrogen and oxygen atoms in total. The molecule has 0 spiro atoms. The lowest BCUT2D eigenvalue weighted by Gasteiger charge is -2.02. The number of rotatable bonds is 5. The van der Waals surface area contributed by atoms with Crippen LogP contribution in [0, 0.1) is 12.7 Å². The molecule has 0 aliphatic rings. The summed E-state index contributed by atoms with van der Waals surface area (Å²) in [6.07, 6.45) is 2.26. The van der Waals surface area contributed by atoms with Gasteiger partial charge in [-0.3, -0.25) is 15.2 Å². The number of nitrogens with one attached hydrogen (secondary N) is 2. The van der Waals surface area contributed by atoms with Gasteiger partial charge in [-0.15, -0.1) is 11.3 Å². The Balaban J connectivity index is 1.70. The number of hydrogen-bond acceptors (Lipinski definition) is 4. The third kappa shape index (κ3) is 4.02. The molecule has 0 saturated heterocycles. The van der Waals surface area contributed by atoms with Crippen molar-refractivity contribution in [1.29, 1.82) is 0 Å². The quantitative estimate of drug-likeness (QED) is 0.588. The molecule has 1 aromatic carbocycles. The van der Waals surface area contributed by atoms with Crippen molar-refractivity contribution in [3.05, 3.63) is 62.1 Å². The second kappa shape index (κ2) is 7.67. The first kappa shape index (κ1) is 18.7. The number of aromatic nitrogens is 3. The van der Waals surface area contributed by atoms with Crippen LogP contribution in [0.5, 0.6) is 0 Å². The third-order valence-corrected chi connectivity index (χ3v) is 5.63. The van der Waals surface area contributed by atoms with E-state index in [0.717, 1.165) is 16.1 Å². The van der Waals surface area contributed by atoms with E-state index in [0.29, 0.717) is 27.3 Å². The maximum Gasteiger partial charge on any atom is 0.279 e. The number of carbonyl (C=O) groups is 1. The summed E-state index contributed by atoms with van der Waals surface area (Å²) >= 11 is 4.78. The SMILES string of the molecule is Cc1ccc(Cc2cnc(NC(=O)c3n[nH]c(C(C)C)c3Br)s2)cc1F. The monoisotopic (exact) mass is 436 g/mol. The lowest BCUT2D eigenvalue weighted by atomic mass is 10.1. The zero-order valence-electron chi connectivity index (χ0n) is 14.6. The first-order valence-electron chi connectivity index (χ1n) is 8.10. The summed E-state index contributed by atoms with van der Waals surface area (Å²) in [6, 6.07) is 5.18. The molecule has 3 rings (SSSR count). The molecule has 0 bridgehead atoms. The molecule has 2 aromatic heterocycles. The number of aromatic amines is 1. The van der Waals surface area contributed by atoms with E-state index in [-0.39, 0.29) is 17.6 Å². The van der Waals surface area contributed by atoms with Crippen molar-refractivity contribution in [2.75, 3.05) is 5.32 Å². The molecule has 8 heteroatoms. The Morgan fingerprint density at radius 3 is 2.85 bits per heavy atom. The number of thiazole rings is 1. The topological polar surface area (TPSA) is 70.7 Å². The summed E-state index contributed by atoms with van der Waals surface area (Å²) in [7, 11) is 0. The van der Waals surface area contributed by atoms with Gasteiger partial charge in [0.25, 0.3) is 5.91 Å². The van der Waals surface area contributed by atoms with Gasteiger partial charge in [0.2, 0.25) is 0 Å². The van der Waals surface area contributed by atoms with Crippen LogP contribution >= 0.6 is 27.3 Å². The highest BCUT2D eigenvalue weighted by molar-refractivity contribution is 9.10. The summed E-state index contributed by atoms with van der Waals surface area (Å²) < 4.78 is 14.3. The van der Waals surface area contributed by atoms with Crippen molar-refractivity contribution < 1.29 is 9.18 Å². The zero-order valence-corrected chi connectivity index (χ0v) is 17.0. The van der Waals surface area contributed by atoms with Gasteiger partial charge in [-0.2, -0.15) is 5.10 Å². The van der Waals surface area contributed by atoms with Crippen LogP contribution in [-0.2, 0) is 6.42 Å². The molecule has 2 heterocycles. The molecule has 0 atom stereocenters. The number of benzene rings is 1. The zero-order chi connectivity index (χ0) is 18.8. The number of H-pyrrole nitrogens is 1.